The van der Waals surface area contributed by atoms with Crippen LogP contribution < -0.4 is 11.1 Å². The number of carboxylic acid groups (broad SMARTS) is 1. The van der Waals surface area contributed by atoms with E-state index in [0.29, 0.717) is 5.56 Å². The molecular weight excluding hydrogens is 318 g/mol. The third kappa shape index (κ3) is 4.36. The van der Waals surface area contributed by atoms with E-state index in [2.05, 4.69) is 5.32 Å². The summed E-state index contributed by atoms with van der Waals surface area (Å²) in [5.41, 5.74) is 6.59. The molecule has 0 heterocycles. The van der Waals surface area contributed by atoms with Crippen molar-refractivity contribution in [3.63, 3.8) is 0 Å². The first-order valence-corrected chi connectivity index (χ1v) is 7.16. The Morgan fingerprint density at radius 3 is 2.33 bits per heavy atom. The number of hydrogen-bond acceptors (Lipinski definition) is 3. The number of halogens is 2. The van der Waals surface area contributed by atoms with Gasteiger partial charge in [0.1, 0.15) is 12.1 Å². The highest BCUT2D eigenvalue weighted by Crippen LogP contribution is 2.13. The number of nitrogens with one attached hydrogen (secondary N) is 1. The van der Waals surface area contributed by atoms with Gasteiger partial charge in [-0.2, -0.15) is 0 Å². The van der Waals surface area contributed by atoms with Crippen LogP contribution in [0.4, 0.5) is 8.78 Å². The first kappa shape index (κ1) is 17.6. The van der Waals surface area contributed by atoms with E-state index in [4.69, 9.17) is 5.73 Å². The summed E-state index contributed by atoms with van der Waals surface area (Å²) in [6, 6.07) is 9.20. The lowest BCUT2D eigenvalue weighted by molar-refractivity contribution is -0.142. The Hall–Kier alpha value is -2.80. The molecule has 0 saturated heterocycles. The van der Waals surface area contributed by atoms with E-state index >= 15 is 0 Å². The van der Waals surface area contributed by atoms with Gasteiger partial charge in [0.15, 0.2) is 11.6 Å². The fraction of sp³-hybridized carbons (Fsp3) is 0.176. The van der Waals surface area contributed by atoms with Crippen molar-refractivity contribution in [3.8, 4) is 0 Å². The average molecular weight is 334 g/mol. The summed E-state index contributed by atoms with van der Waals surface area (Å²) in [5.74, 6) is -4.07. The van der Waals surface area contributed by atoms with Gasteiger partial charge in [-0.3, -0.25) is 4.79 Å². The van der Waals surface area contributed by atoms with Crippen LogP contribution in [0, 0.1) is 11.6 Å². The van der Waals surface area contributed by atoms with Gasteiger partial charge in [0.2, 0.25) is 5.91 Å². The molecule has 2 aromatic carbocycles. The van der Waals surface area contributed by atoms with Gasteiger partial charge in [-0.25, -0.2) is 13.6 Å². The predicted molar refractivity (Wildman–Crippen MR) is 83.0 cm³/mol. The fourth-order valence-corrected chi connectivity index (χ4v) is 2.18. The van der Waals surface area contributed by atoms with Gasteiger partial charge < -0.3 is 16.2 Å². The quantitative estimate of drug-likeness (QED) is 0.751. The highest BCUT2D eigenvalue weighted by molar-refractivity contribution is 5.87. The molecule has 0 aliphatic heterocycles. The maximum Gasteiger partial charge on any atom is 0.326 e. The number of rotatable bonds is 6. The van der Waals surface area contributed by atoms with Crippen LogP contribution in [0.1, 0.15) is 17.2 Å². The molecule has 0 aliphatic rings. The summed E-state index contributed by atoms with van der Waals surface area (Å²) in [7, 11) is 0. The smallest absolute Gasteiger partial charge is 0.326 e. The van der Waals surface area contributed by atoms with Crippen LogP contribution in [0.25, 0.3) is 0 Å². The number of nitrogens with two attached hydrogens (primary N) is 1. The predicted octanol–water partition coefficient (Wildman–Crippen LogP) is 1.78. The van der Waals surface area contributed by atoms with Crippen LogP contribution in [-0.2, 0) is 16.0 Å². The summed E-state index contributed by atoms with van der Waals surface area (Å²) in [6.45, 7) is 0. The van der Waals surface area contributed by atoms with Crippen molar-refractivity contribution < 1.29 is 23.5 Å². The minimum Gasteiger partial charge on any atom is -0.480 e. The topological polar surface area (TPSA) is 92.4 Å². The Morgan fingerprint density at radius 2 is 1.75 bits per heavy atom. The van der Waals surface area contributed by atoms with Crippen molar-refractivity contribution in [2.45, 2.75) is 18.5 Å². The molecule has 4 N–H and O–H groups in total. The van der Waals surface area contributed by atoms with Gasteiger partial charge in [0.25, 0.3) is 0 Å². The molecule has 0 aliphatic carbocycles. The third-order valence-electron chi connectivity index (χ3n) is 3.48. The zero-order chi connectivity index (χ0) is 17.7. The number of amides is 1. The molecule has 2 aromatic rings. The summed E-state index contributed by atoms with van der Waals surface area (Å²) in [6.07, 6.45) is -0.195. The van der Waals surface area contributed by atoms with E-state index in [1.54, 1.807) is 30.3 Å². The zero-order valence-electron chi connectivity index (χ0n) is 12.6. The molecule has 0 bridgehead atoms. The third-order valence-corrected chi connectivity index (χ3v) is 3.48. The van der Waals surface area contributed by atoms with Crippen molar-refractivity contribution >= 4 is 11.9 Å². The van der Waals surface area contributed by atoms with Gasteiger partial charge in [-0.15, -0.1) is 0 Å². The number of carboxylic acids is 1. The number of carbonyl (C=O) groups excluding carboxylic acids is 1. The molecule has 1 unspecified atom stereocenters. The second-order valence-corrected chi connectivity index (χ2v) is 5.24. The molecular formula is C17H16F2N2O3. The average Bonchev–Trinajstić information content (AvgIpc) is 2.57. The minimum atomic E-state index is -1.31. The standard InChI is InChI=1S/C17H16F2N2O3/c18-12-7-6-10(8-13(12)19)9-14(17(23)24)21-16(22)15(20)11-4-2-1-3-5-11/h1-8,14-15H,9,20H2,(H,21,22)(H,23,24)/t14?,15-/m1/s1. The summed E-state index contributed by atoms with van der Waals surface area (Å²) < 4.78 is 26.1. The Kier molecular flexibility index (Phi) is 5.59. The van der Waals surface area contributed by atoms with E-state index in [1.807, 2.05) is 0 Å². The second-order valence-electron chi connectivity index (χ2n) is 5.24. The molecule has 1 amide bonds. The maximum atomic E-state index is 13.2. The molecule has 2 rings (SSSR count). The Morgan fingerprint density at radius 1 is 1.08 bits per heavy atom. The first-order chi connectivity index (χ1) is 11.4. The van der Waals surface area contributed by atoms with E-state index in [9.17, 15) is 23.5 Å². The van der Waals surface area contributed by atoms with Crippen molar-refractivity contribution in [1.82, 2.24) is 5.32 Å². The Balaban J connectivity index is 2.09. The molecule has 0 saturated carbocycles. The van der Waals surface area contributed by atoms with Gasteiger partial charge in [-0.05, 0) is 23.3 Å². The highest BCUT2D eigenvalue weighted by Gasteiger charge is 2.24. The van der Waals surface area contributed by atoms with E-state index in [-0.39, 0.29) is 12.0 Å². The van der Waals surface area contributed by atoms with E-state index in [0.717, 1.165) is 12.1 Å². The minimum absolute atomic E-state index is 0.195. The lowest BCUT2D eigenvalue weighted by atomic mass is 10.0. The Bertz CT molecular complexity index is 738. The van der Waals surface area contributed by atoms with Crippen molar-refractivity contribution in [2.75, 3.05) is 0 Å². The highest BCUT2D eigenvalue weighted by atomic mass is 19.2. The van der Waals surface area contributed by atoms with Crippen LogP contribution in [0.2, 0.25) is 0 Å². The lowest BCUT2D eigenvalue weighted by Crippen LogP contribution is -2.46. The second kappa shape index (κ2) is 7.65. The number of aliphatic carboxylic acids is 1. The normalized spacial score (nSPS) is 13.1. The number of hydrogen-bond donors (Lipinski definition) is 3. The molecule has 2 atom stereocenters. The summed E-state index contributed by atoms with van der Waals surface area (Å²) in [4.78, 5) is 23.5. The van der Waals surface area contributed by atoms with Gasteiger partial charge >= 0.3 is 5.97 Å². The largest absolute Gasteiger partial charge is 0.480 e. The van der Waals surface area contributed by atoms with Crippen LogP contribution in [0.3, 0.4) is 0 Å². The Labute approximate surface area is 137 Å². The van der Waals surface area contributed by atoms with Gasteiger partial charge in [0, 0.05) is 6.42 Å². The molecule has 0 radical (unpaired) electrons. The van der Waals surface area contributed by atoms with Crippen LogP contribution in [0.5, 0.6) is 0 Å². The SMILES string of the molecule is N[C@@H](C(=O)NC(Cc1ccc(F)c(F)c1)C(=O)O)c1ccccc1. The lowest BCUT2D eigenvalue weighted by Gasteiger charge is -2.18. The van der Waals surface area contributed by atoms with E-state index < -0.39 is 35.6 Å². The molecule has 5 nitrogen and oxygen atoms in total. The molecule has 0 spiro atoms. The summed E-state index contributed by atoms with van der Waals surface area (Å²) >= 11 is 0. The van der Waals surface area contributed by atoms with Crippen LogP contribution >= 0.6 is 0 Å². The number of benzene rings is 2. The van der Waals surface area contributed by atoms with Crippen molar-refractivity contribution in [2.24, 2.45) is 5.73 Å². The van der Waals surface area contributed by atoms with Gasteiger partial charge in [0.05, 0.1) is 0 Å². The summed E-state index contributed by atoms with van der Waals surface area (Å²) in [5, 5.41) is 11.6. The molecule has 0 aromatic heterocycles. The van der Waals surface area contributed by atoms with E-state index in [1.165, 1.54) is 6.07 Å². The van der Waals surface area contributed by atoms with Crippen LogP contribution in [-0.4, -0.2) is 23.0 Å². The number of carbonyl (C=O) groups is 2. The van der Waals surface area contributed by atoms with Gasteiger partial charge in [-0.1, -0.05) is 36.4 Å². The van der Waals surface area contributed by atoms with Crippen molar-refractivity contribution in [3.05, 3.63) is 71.3 Å². The molecule has 24 heavy (non-hydrogen) atoms. The van der Waals surface area contributed by atoms with Crippen LogP contribution in [0.15, 0.2) is 48.5 Å². The monoisotopic (exact) mass is 334 g/mol. The molecule has 126 valence electrons. The maximum absolute atomic E-state index is 13.2. The molecule has 0 fully saturated rings. The first-order valence-electron chi connectivity index (χ1n) is 7.16. The fourth-order valence-electron chi connectivity index (χ4n) is 2.18. The molecule has 7 heteroatoms. The zero-order valence-corrected chi connectivity index (χ0v) is 12.6. The van der Waals surface area contributed by atoms with Crippen molar-refractivity contribution in [1.29, 1.82) is 0 Å².